The Morgan fingerprint density at radius 1 is 0.800 bits per heavy atom. The van der Waals surface area contributed by atoms with Crippen molar-refractivity contribution in [3.8, 4) is 5.75 Å². The first-order valence-electron chi connectivity index (χ1n) is 22.2. The second kappa shape index (κ2) is 20.3. The lowest BCUT2D eigenvalue weighted by Gasteiger charge is -2.42. The topological polar surface area (TPSA) is 131 Å². The molecule has 344 valence electrons. The van der Waals surface area contributed by atoms with E-state index in [-0.39, 0.29) is 35.5 Å². The van der Waals surface area contributed by atoms with E-state index in [1.165, 1.54) is 6.33 Å². The number of anilines is 1. The molecule has 15 heteroatoms. The smallest absolute Gasteiger partial charge is 0.259 e. The average molecular weight is 919 g/mol. The molecule has 65 heavy (non-hydrogen) atoms. The first-order valence-corrected chi connectivity index (χ1v) is 26.2. The molecule has 1 N–H and O–H groups in total. The van der Waals surface area contributed by atoms with Crippen LogP contribution in [0, 0.1) is 0 Å². The Hall–Kier alpha value is -4.89. The number of nitrogens with one attached hydrogen (secondary N) is 1. The summed E-state index contributed by atoms with van der Waals surface area (Å²) in [5.41, 5.74) is 3.04. The Morgan fingerprint density at radius 3 is 1.91 bits per heavy atom. The molecule has 0 aliphatic carbocycles. The number of hydrogen-bond donors (Lipinski definition) is 1. The van der Waals surface area contributed by atoms with Gasteiger partial charge in [-0.05, 0) is 86.8 Å². The highest BCUT2D eigenvalue weighted by atomic mass is 31.2. The van der Waals surface area contributed by atoms with Crippen molar-refractivity contribution in [1.29, 1.82) is 0 Å². The molecule has 7 rings (SSSR count). The molecular formula is C50H63N6O7PSi. The fraction of sp³-hybridized carbons (Fsp3) is 0.400. The van der Waals surface area contributed by atoms with Crippen LogP contribution in [-0.2, 0) is 28.5 Å². The first kappa shape index (κ1) is 48.1. The van der Waals surface area contributed by atoms with Gasteiger partial charge in [0.15, 0.2) is 31.5 Å². The minimum atomic E-state index is -2.57. The second-order valence-electron chi connectivity index (χ2n) is 18.3. The predicted octanol–water partition coefficient (Wildman–Crippen LogP) is 10.8. The van der Waals surface area contributed by atoms with E-state index in [1.807, 2.05) is 71.3 Å². The molecule has 1 saturated heterocycles. The highest BCUT2D eigenvalue weighted by molar-refractivity contribution is 7.44. The zero-order chi connectivity index (χ0) is 46.5. The molecule has 3 heterocycles. The number of rotatable bonds is 18. The molecule has 4 aromatic carbocycles. The van der Waals surface area contributed by atoms with E-state index < -0.39 is 47.0 Å². The van der Waals surface area contributed by atoms with Crippen LogP contribution in [-0.4, -0.2) is 89.6 Å². The third-order valence-corrected chi connectivity index (χ3v) is 18.9. The van der Waals surface area contributed by atoms with E-state index in [2.05, 4.69) is 113 Å². The van der Waals surface area contributed by atoms with E-state index in [9.17, 15) is 4.79 Å². The third-order valence-electron chi connectivity index (χ3n) is 12.4. The lowest BCUT2D eigenvalue weighted by atomic mass is 9.80. The van der Waals surface area contributed by atoms with Crippen molar-refractivity contribution < 1.29 is 32.5 Å². The Labute approximate surface area is 385 Å². The van der Waals surface area contributed by atoms with Crippen molar-refractivity contribution >= 4 is 39.7 Å². The van der Waals surface area contributed by atoms with Crippen molar-refractivity contribution in [3.63, 3.8) is 0 Å². The summed E-state index contributed by atoms with van der Waals surface area (Å²) in [4.78, 5) is 27.4. The van der Waals surface area contributed by atoms with E-state index in [0.29, 0.717) is 16.7 Å². The van der Waals surface area contributed by atoms with E-state index in [0.717, 1.165) is 22.4 Å². The first-order chi connectivity index (χ1) is 31.1. The molecule has 0 saturated carbocycles. The summed E-state index contributed by atoms with van der Waals surface area (Å²) >= 11 is 0. The maximum atomic E-state index is 13.4. The number of amides is 1. The molecular weight excluding hydrogens is 856 g/mol. The Balaban J connectivity index is 1.38. The van der Waals surface area contributed by atoms with Gasteiger partial charge in [0.25, 0.3) is 14.4 Å². The number of fused-ring (bicyclic) bond motifs is 1. The highest BCUT2D eigenvalue weighted by Gasteiger charge is 2.54. The summed E-state index contributed by atoms with van der Waals surface area (Å²) < 4.78 is 45.6. The lowest BCUT2D eigenvalue weighted by molar-refractivity contribution is -0.0927. The van der Waals surface area contributed by atoms with Crippen LogP contribution in [0.2, 0.25) is 18.1 Å². The van der Waals surface area contributed by atoms with E-state index >= 15 is 0 Å². The second-order valence-corrected chi connectivity index (χ2v) is 24.6. The number of aromatic nitrogens is 4. The Bertz CT molecular complexity index is 2420. The van der Waals surface area contributed by atoms with Crippen LogP contribution < -0.4 is 10.1 Å². The summed E-state index contributed by atoms with van der Waals surface area (Å²) in [6.45, 7) is 19.8. The Kier molecular flexibility index (Phi) is 15.0. The number of carbonyl (C=O) groups excluding carboxylic acids is 1. The average Bonchev–Trinajstić information content (AvgIpc) is 3.88. The number of nitrogens with zero attached hydrogens (tertiary/aromatic N) is 5. The van der Waals surface area contributed by atoms with Crippen molar-refractivity contribution in [2.75, 3.05) is 26.1 Å². The van der Waals surface area contributed by atoms with Crippen LogP contribution in [0.4, 0.5) is 5.82 Å². The zero-order valence-corrected chi connectivity index (χ0v) is 41.2. The maximum Gasteiger partial charge on any atom is 0.259 e. The molecule has 6 aromatic rings. The molecule has 0 spiro atoms. The van der Waals surface area contributed by atoms with Gasteiger partial charge in [-0.15, -0.1) is 0 Å². The molecule has 1 aliphatic rings. The van der Waals surface area contributed by atoms with Gasteiger partial charge in [0, 0.05) is 24.8 Å². The number of hydrogen-bond acceptors (Lipinski definition) is 11. The third kappa shape index (κ3) is 10.1. The molecule has 5 atom stereocenters. The molecule has 2 aromatic heterocycles. The van der Waals surface area contributed by atoms with Crippen LogP contribution in [0.5, 0.6) is 5.75 Å². The fourth-order valence-electron chi connectivity index (χ4n) is 8.13. The predicted molar refractivity (Wildman–Crippen MR) is 258 cm³/mol. The van der Waals surface area contributed by atoms with Gasteiger partial charge in [0.1, 0.15) is 36.0 Å². The van der Waals surface area contributed by atoms with Crippen LogP contribution in [0.1, 0.15) is 81.7 Å². The summed E-state index contributed by atoms with van der Waals surface area (Å²) in [5.74, 6) is 0.690. The monoisotopic (exact) mass is 918 g/mol. The molecule has 1 unspecified atom stereocenters. The van der Waals surface area contributed by atoms with Gasteiger partial charge in [-0.2, -0.15) is 0 Å². The van der Waals surface area contributed by atoms with Crippen LogP contribution >= 0.6 is 8.53 Å². The van der Waals surface area contributed by atoms with Gasteiger partial charge < -0.3 is 33.0 Å². The Morgan fingerprint density at radius 2 is 1.37 bits per heavy atom. The normalized spacial score (nSPS) is 18.7. The van der Waals surface area contributed by atoms with Crippen molar-refractivity contribution in [2.24, 2.45) is 0 Å². The van der Waals surface area contributed by atoms with E-state index in [1.54, 1.807) is 32.7 Å². The van der Waals surface area contributed by atoms with Crippen molar-refractivity contribution in [3.05, 3.63) is 150 Å². The van der Waals surface area contributed by atoms with Gasteiger partial charge in [-0.3, -0.25) is 9.36 Å². The number of benzene rings is 4. The minimum Gasteiger partial charge on any atom is -0.497 e. The minimum absolute atomic E-state index is 0.0917. The SMILES string of the molecule is COc1ccc(C(OC[C@H]2O[C@@H](n3cnc4c(NC(=O)c5ccccc5)ncnc43)[C@H](OP(OC)N(C(C)C)C(C)C)[C@@H]2O[Si](C)(C)C(C)(C)C)(c2ccccc2)c2ccccc2)cc1. The molecule has 0 bridgehead atoms. The largest absolute Gasteiger partial charge is 0.497 e. The van der Waals surface area contributed by atoms with Crippen LogP contribution in [0.25, 0.3) is 11.2 Å². The quantitative estimate of drug-likeness (QED) is 0.0502. The molecule has 1 amide bonds. The molecule has 1 aliphatic heterocycles. The number of ether oxygens (including phenoxy) is 3. The summed E-state index contributed by atoms with van der Waals surface area (Å²) in [6.07, 6.45) is 0.169. The van der Waals surface area contributed by atoms with Crippen molar-refractivity contribution in [2.45, 2.75) is 109 Å². The maximum absolute atomic E-state index is 13.4. The zero-order valence-electron chi connectivity index (χ0n) is 39.3. The standard InChI is InChI=1S/C50H63N6O7PSi/c1-34(2)56(35(3)4)64(59-9)62-44-43(63-65(10,11)49(5,6)7)41(61-48(44)55-33-53-42-45(51-32-52-46(42)55)54-47(57)36-21-15-12-16-22-36)31-60-50(37-23-17-13-18-24-37,38-25-19-14-20-26-38)39-27-29-40(58-8)30-28-39/h12-30,32-35,41,43-44,48H,31H2,1-11H3,(H,51,52,54,57)/t41-,43-,44-,48-,64?/m1/s1. The van der Waals surface area contributed by atoms with Crippen LogP contribution in [0.15, 0.2) is 128 Å². The van der Waals surface area contributed by atoms with Crippen LogP contribution in [0.3, 0.4) is 0 Å². The summed E-state index contributed by atoms with van der Waals surface area (Å²) in [6, 6.07) is 37.7. The number of methoxy groups -OCH3 is 1. The number of carbonyl (C=O) groups is 1. The van der Waals surface area contributed by atoms with Gasteiger partial charge in [0.05, 0.1) is 20.0 Å². The summed E-state index contributed by atoms with van der Waals surface area (Å²) in [7, 11) is -0.868. The van der Waals surface area contributed by atoms with Gasteiger partial charge in [0.2, 0.25) is 0 Å². The van der Waals surface area contributed by atoms with Crippen molar-refractivity contribution in [1.82, 2.24) is 24.2 Å². The highest BCUT2D eigenvalue weighted by Crippen LogP contribution is 2.52. The lowest BCUT2D eigenvalue weighted by Crippen LogP contribution is -2.51. The molecule has 13 nitrogen and oxygen atoms in total. The molecule has 0 radical (unpaired) electrons. The van der Waals surface area contributed by atoms with Gasteiger partial charge >= 0.3 is 0 Å². The molecule has 1 fully saturated rings. The van der Waals surface area contributed by atoms with Gasteiger partial charge in [-0.25, -0.2) is 19.6 Å². The number of imidazole rings is 1. The fourth-order valence-corrected chi connectivity index (χ4v) is 11.0. The van der Waals surface area contributed by atoms with E-state index in [4.69, 9.17) is 37.7 Å². The van der Waals surface area contributed by atoms with Gasteiger partial charge in [-0.1, -0.05) is 112 Å². The summed E-state index contributed by atoms with van der Waals surface area (Å²) in [5, 5.41) is 2.78.